The van der Waals surface area contributed by atoms with Gasteiger partial charge in [0.15, 0.2) is 0 Å². The molecule has 15 heavy (non-hydrogen) atoms. The van der Waals surface area contributed by atoms with Crippen molar-refractivity contribution in [2.75, 3.05) is 0 Å². The number of allylic oxidation sites excluding steroid dienone is 2. The van der Waals surface area contributed by atoms with Crippen molar-refractivity contribution >= 4 is 6.29 Å². The first kappa shape index (κ1) is 14.4. The van der Waals surface area contributed by atoms with Crippen molar-refractivity contribution in [3.05, 3.63) is 12.2 Å². The molecule has 0 aromatic carbocycles. The molecule has 0 aliphatic rings. The quantitative estimate of drug-likeness (QED) is 0.294. The van der Waals surface area contributed by atoms with Gasteiger partial charge in [-0.15, -0.1) is 0 Å². The summed E-state index contributed by atoms with van der Waals surface area (Å²) in [4.78, 5) is 10.1. The first-order valence-electron chi connectivity index (χ1n) is 6.36. The maximum absolute atomic E-state index is 10.1. The second-order valence-electron chi connectivity index (χ2n) is 4.41. The largest absolute Gasteiger partial charge is 0.303 e. The number of hydrogen-bond donors (Lipinski definition) is 0. The Hall–Kier alpha value is -0.590. The Labute approximate surface area is 95.0 Å². The van der Waals surface area contributed by atoms with Gasteiger partial charge in [-0.05, 0) is 32.1 Å². The molecule has 0 fully saturated rings. The van der Waals surface area contributed by atoms with Crippen molar-refractivity contribution in [3.8, 4) is 0 Å². The molecule has 0 saturated heterocycles. The third kappa shape index (κ3) is 11.3. The number of carbonyl (C=O) groups is 1. The van der Waals surface area contributed by atoms with E-state index in [0.29, 0.717) is 0 Å². The van der Waals surface area contributed by atoms with E-state index in [1.165, 1.54) is 38.5 Å². The molecule has 0 radical (unpaired) electrons. The molecule has 0 amide bonds. The summed E-state index contributed by atoms with van der Waals surface area (Å²) < 4.78 is 0. The summed E-state index contributed by atoms with van der Waals surface area (Å²) in [7, 11) is 0. The van der Waals surface area contributed by atoms with Gasteiger partial charge in [-0.1, -0.05) is 44.8 Å². The van der Waals surface area contributed by atoms with Crippen molar-refractivity contribution < 1.29 is 4.79 Å². The van der Waals surface area contributed by atoms with E-state index in [9.17, 15) is 4.79 Å². The molecule has 1 atom stereocenters. The lowest BCUT2D eigenvalue weighted by Gasteiger charge is -2.09. The second kappa shape index (κ2) is 11.5. The van der Waals surface area contributed by atoms with Crippen LogP contribution in [0.3, 0.4) is 0 Å². The van der Waals surface area contributed by atoms with Gasteiger partial charge in [-0.2, -0.15) is 0 Å². The van der Waals surface area contributed by atoms with Gasteiger partial charge in [0.05, 0.1) is 0 Å². The van der Waals surface area contributed by atoms with Crippen LogP contribution in [0.1, 0.15) is 65.2 Å². The smallest absolute Gasteiger partial charge is 0.119 e. The Balaban J connectivity index is 3.17. The fraction of sp³-hybridized carbons (Fsp3) is 0.786. The molecule has 0 aliphatic carbocycles. The van der Waals surface area contributed by atoms with Crippen LogP contribution < -0.4 is 0 Å². The molecule has 0 rings (SSSR count). The SMILES string of the molecule is CC=CCCCCC(C)CCCCC=O. The zero-order valence-corrected chi connectivity index (χ0v) is 10.4. The molecule has 1 nitrogen and oxygen atoms in total. The van der Waals surface area contributed by atoms with Gasteiger partial charge in [0.1, 0.15) is 6.29 Å². The van der Waals surface area contributed by atoms with Gasteiger partial charge in [0, 0.05) is 6.42 Å². The fourth-order valence-corrected chi connectivity index (χ4v) is 1.79. The molecule has 0 aromatic rings. The van der Waals surface area contributed by atoms with E-state index in [2.05, 4.69) is 26.0 Å². The van der Waals surface area contributed by atoms with Gasteiger partial charge in [-0.3, -0.25) is 0 Å². The van der Waals surface area contributed by atoms with Crippen LogP contribution in [0.2, 0.25) is 0 Å². The third-order valence-corrected chi connectivity index (χ3v) is 2.82. The van der Waals surface area contributed by atoms with E-state index in [1.54, 1.807) is 0 Å². The van der Waals surface area contributed by atoms with Crippen molar-refractivity contribution in [3.63, 3.8) is 0 Å². The predicted molar refractivity (Wildman–Crippen MR) is 67.0 cm³/mol. The number of rotatable bonds is 10. The summed E-state index contributed by atoms with van der Waals surface area (Å²) in [5.41, 5.74) is 0. The lowest BCUT2D eigenvalue weighted by molar-refractivity contribution is -0.107. The Morgan fingerprint density at radius 3 is 2.13 bits per heavy atom. The summed E-state index contributed by atoms with van der Waals surface area (Å²) in [5.74, 6) is 0.835. The summed E-state index contributed by atoms with van der Waals surface area (Å²) in [6, 6.07) is 0. The highest BCUT2D eigenvalue weighted by Crippen LogP contribution is 2.16. The van der Waals surface area contributed by atoms with Gasteiger partial charge in [-0.25, -0.2) is 0 Å². The normalized spacial score (nSPS) is 13.2. The highest BCUT2D eigenvalue weighted by atomic mass is 16.1. The Kier molecular flexibility index (Phi) is 11.0. The average Bonchev–Trinajstić information content (AvgIpc) is 2.24. The van der Waals surface area contributed by atoms with Crippen molar-refractivity contribution in [2.45, 2.75) is 65.2 Å². The number of aldehydes is 1. The fourth-order valence-electron chi connectivity index (χ4n) is 1.79. The Bertz CT molecular complexity index is 161. The molecule has 0 N–H and O–H groups in total. The lowest BCUT2D eigenvalue weighted by atomic mass is 9.97. The molecule has 0 bridgehead atoms. The molecule has 1 unspecified atom stereocenters. The van der Waals surface area contributed by atoms with E-state index < -0.39 is 0 Å². The minimum absolute atomic E-state index is 0.744. The summed E-state index contributed by atoms with van der Waals surface area (Å²) in [5, 5.41) is 0. The maximum atomic E-state index is 10.1. The van der Waals surface area contributed by atoms with E-state index in [4.69, 9.17) is 0 Å². The van der Waals surface area contributed by atoms with E-state index in [1.807, 2.05) is 0 Å². The third-order valence-electron chi connectivity index (χ3n) is 2.82. The highest BCUT2D eigenvalue weighted by molar-refractivity contribution is 5.48. The minimum Gasteiger partial charge on any atom is -0.303 e. The zero-order chi connectivity index (χ0) is 11.4. The number of unbranched alkanes of at least 4 members (excludes halogenated alkanes) is 4. The molecule has 1 heteroatoms. The number of carbonyl (C=O) groups excluding carboxylic acids is 1. The predicted octanol–water partition coefficient (Wildman–Crippen LogP) is 4.52. The second-order valence-corrected chi connectivity index (χ2v) is 4.41. The molecule has 88 valence electrons. The molecule has 0 heterocycles. The standard InChI is InChI=1S/C14H26O/c1-3-4-5-6-8-11-14(2)12-9-7-10-13-15/h3-4,13-14H,5-12H2,1-2H3. The van der Waals surface area contributed by atoms with Crippen molar-refractivity contribution in [1.82, 2.24) is 0 Å². The highest BCUT2D eigenvalue weighted by Gasteiger charge is 2.01. The van der Waals surface area contributed by atoms with Crippen LogP contribution in [-0.4, -0.2) is 6.29 Å². The van der Waals surface area contributed by atoms with Crippen molar-refractivity contribution in [1.29, 1.82) is 0 Å². The van der Waals surface area contributed by atoms with Crippen LogP contribution >= 0.6 is 0 Å². The first-order valence-corrected chi connectivity index (χ1v) is 6.36. The van der Waals surface area contributed by atoms with E-state index in [0.717, 1.165) is 25.0 Å². The van der Waals surface area contributed by atoms with Gasteiger partial charge >= 0.3 is 0 Å². The molecule has 0 saturated carbocycles. The van der Waals surface area contributed by atoms with Crippen molar-refractivity contribution in [2.24, 2.45) is 5.92 Å². The molecule has 0 spiro atoms. The molecule has 0 aliphatic heterocycles. The first-order chi connectivity index (χ1) is 7.31. The van der Waals surface area contributed by atoms with Gasteiger partial charge in [0.25, 0.3) is 0 Å². The topological polar surface area (TPSA) is 17.1 Å². The number of hydrogen-bond acceptors (Lipinski definition) is 1. The molecular weight excluding hydrogens is 184 g/mol. The monoisotopic (exact) mass is 210 g/mol. The molecular formula is C14H26O. The van der Waals surface area contributed by atoms with Gasteiger partial charge < -0.3 is 4.79 Å². The zero-order valence-electron chi connectivity index (χ0n) is 10.4. The minimum atomic E-state index is 0.744. The Morgan fingerprint density at radius 2 is 1.60 bits per heavy atom. The molecule has 0 aromatic heterocycles. The van der Waals surface area contributed by atoms with E-state index in [-0.39, 0.29) is 0 Å². The summed E-state index contributed by atoms with van der Waals surface area (Å²) >= 11 is 0. The van der Waals surface area contributed by atoms with Crippen LogP contribution in [0, 0.1) is 5.92 Å². The van der Waals surface area contributed by atoms with Crippen LogP contribution in [0.15, 0.2) is 12.2 Å². The van der Waals surface area contributed by atoms with Crippen LogP contribution in [-0.2, 0) is 4.79 Å². The Morgan fingerprint density at radius 1 is 1.00 bits per heavy atom. The van der Waals surface area contributed by atoms with Crippen LogP contribution in [0.4, 0.5) is 0 Å². The van der Waals surface area contributed by atoms with Crippen LogP contribution in [0.5, 0.6) is 0 Å². The van der Waals surface area contributed by atoms with Gasteiger partial charge in [0.2, 0.25) is 0 Å². The average molecular weight is 210 g/mol. The van der Waals surface area contributed by atoms with E-state index >= 15 is 0 Å². The van der Waals surface area contributed by atoms with Crippen LogP contribution in [0.25, 0.3) is 0 Å². The summed E-state index contributed by atoms with van der Waals surface area (Å²) in [6.45, 7) is 4.41. The lowest BCUT2D eigenvalue weighted by Crippen LogP contribution is -1.95. The summed E-state index contributed by atoms with van der Waals surface area (Å²) in [6.07, 6.45) is 15.0. The maximum Gasteiger partial charge on any atom is 0.119 e.